The average Bonchev–Trinajstić information content (AvgIpc) is 2.68. The predicted molar refractivity (Wildman–Crippen MR) is 123 cm³/mol. The van der Waals surface area contributed by atoms with E-state index in [0.717, 1.165) is 54.5 Å². The summed E-state index contributed by atoms with van der Waals surface area (Å²) in [6.45, 7) is 5.07. The number of nitrogens with zero attached hydrogens (tertiary/aromatic N) is 1. The summed E-state index contributed by atoms with van der Waals surface area (Å²) in [4.78, 5) is 12.3. The van der Waals surface area contributed by atoms with Gasteiger partial charge in [0.25, 0.3) is 5.91 Å². The number of hydrogen-bond donors (Lipinski definition) is 2. The van der Waals surface area contributed by atoms with Crippen molar-refractivity contribution >= 4 is 23.2 Å². The molecule has 0 saturated carbocycles. The minimum Gasteiger partial charge on any atom is -1.00 e. The lowest BCUT2D eigenvalue weighted by atomic mass is 10.0. The van der Waals surface area contributed by atoms with Gasteiger partial charge in [0.05, 0.1) is 27.2 Å². The van der Waals surface area contributed by atoms with Gasteiger partial charge in [-0.05, 0) is 61.6 Å². The highest BCUT2D eigenvalue weighted by Gasteiger charge is 2.21. The topological polar surface area (TPSA) is 55.1 Å². The molecule has 166 valence electrons. The third kappa shape index (κ3) is 9.38. The molecule has 0 aliphatic carbocycles. The fraction of sp³-hybridized carbons (Fsp3) is 0.458. The Bertz CT molecular complexity index is 761. The molecule has 0 radical (unpaired) electrons. The van der Waals surface area contributed by atoms with Crippen molar-refractivity contribution < 1.29 is 21.7 Å². The summed E-state index contributed by atoms with van der Waals surface area (Å²) >= 11 is 6.09. The van der Waals surface area contributed by atoms with Crippen LogP contribution in [0.15, 0.2) is 48.5 Å². The number of rotatable bonds is 11. The van der Waals surface area contributed by atoms with E-state index >= 15 is 0 Å². The highest BCUT2D eigenvalue weighted by atomic mass is 35.5. The van der Waals surface area contributed by atoms with Crippen molar-refractivity contribution in [3.05, 3.63) is 64.7 Å². The number of anilines is 1. The Labute approximate surface area is 192 Å². The first-order valence-corrected chi connectivity index (χ1v) is 10.9. The molecule has 0 saturated heterocycles. The molecule has 1 amide bonds. The molecule has 1 unspecified atom stereocenters. The number of benzene rings is 2. The lowest BCUT2D eigenvalue weighted by molar-refractivity contribution is -0.893. The Morgan fingerprint density at radius 1 is 1.13 bits per heavy atom. The SMILES string of the molecule is CCC(CNC(=O)c1ccccc1)C[N+](C)(C)CCCCc1cc(N)cc(Cl)c1.[Cl-]. The van der Waals surface area contributed by atoms with Crippen molar-refractivity contribution in [2.24, 2.45) is 5.92 Å². The molecule has 2 aromatic carbocycles. The van der Waals surface area contributed by atoms with Gasteiger partial charge in [-0.1, -0.05) is 36.7 Å². The van der Waals surface area contributed by atoms with Crippen molar-refractivity contribution in [3.8, 4) is 0 Å². The molecule has 0 spiro atoms. The molecular weight excluding hydrogens is 417 g/mol. The summed E-state index contributed by atoms with van der Waals surface area (Å²) in [6.07, 6.45) is 4.31. The average molecular weight is 452 g/mol. The second-order valence-corrected chi connectivity index (χ2v) is 8.98. The zero-order chi connectivity index (χ0) is 21.3. The van der Waals surface area contributed by atoms with Crippen molar-refractivity contribution in [3.63, 3.8) is 0 Å². The maximum atomic E-state index is 12.3. The molecule has 3 N–H and O–H groups in total. The van der Waals surface area contributed by atoms with Crippen LogP contribution in [0.2, 0.25) is 5.02 Å². The molecule has 6 heteroatoms. The van der Waals surface area contributed by atoms with E-state index in [1.54, 1.807) is 6.07 Å². The minimum absolute atomic E-state index is 0. The van der Waals surface area contributed by atoms with Crippen LogP contribution in [0.1, 0.15) is 42.1 Å². The van der Waals surface area contributed by atoms with Crippen LogP contribution in [0.3, 0.4) is 0 Å². The quantitative estimate of drug-likeness (QED) is 0.310. The summed E-state index contributed by atoms with van der Waals surface area (Å²) < 4.78 is 0.956. The van der Waals surface area contributed by atoms with E-state index in [4.69, 9.17) is 17.3 Å². The molecule has 2 rings (SSSR count). The van der Waals surface area contributed by atoms with Crippen molar-refractivity contribution in [1.82, 2.24) is 5.32 Å². The highest BCUT2D eigenvalue weighted by molar-refractivity contribution is 6.30. The van der Waals surface area contributed by atoms with Gasteiger partial charge in [-0.2, -0.15) is 0 Å². The molecular formula is C24H35Cl2N3O. The number of nitrogen functional groups attached to an aromatic ring is 1. The first kappa shape index (κ1) is 26.3. The van der Waals surface area contributed by atoms with Gasteiger partial charge in [-0.25, -0.2) is 0 Å². The summed E-state index contributed by atoms with van der Waals surface area (Å²) in [5, 5.41) is 3.81. The monoisotopic (exact) mass is 451 g/mol. The van der Waals surface area contributed by atoms with Gasteiger partial charge in [0.1, 0.15) is 0 Å². The van der Waals surface area contributed by atoms with Gasteiger partial charge in [0.2, 0.25) is 0 Å². The smallest absolute Gasteiger partial charge is 0.251 e. The number of carbonyl (C=O) groups is 1. The first-order valence-electron chi connectivity index (χ1n) is 10.5. The van der Waals surface area contributed by atoms with Crippen molar-refractivity contribution in [1.29, 1.82) is 0 Å². The van der Waals surface area contributed by atoms with E-state index in [9.17, 15) is 4.79 Å². The molecule has 0 heterocycles. The third-order valence-electron chi connectivity index (χ3n) is 5.38. The van der Waals surface area contributed by atoms with E-state index < -0.39 is 0 Å². The number of amides is 1. The second kappa shape index (κ2) is 12.8. The standard InChI is InChI=1S/C24H34ClN3O.ClH/c1-4-19(17-27-24(29)21-11-6-5-7-12-21)18-28(2,3)13-9-8-10-20-14-22(25)16-23(26)15-20;/h5-7,11-12,14-16,19H,4,8-10,13,17-18,26H2,1-3H3;1H. The zero-order valence-corrected chi connectivity index (χ0v) is 19.8. The normalized spacial score (nSPS) is 12.1. The summed E-state index contributed by atoms with van der Waals surface area (Å²) in [7, 11) is 4.55. The Kier molecular flexibility index (Phi) is 11.2. The number of unbranched alkanes of at least 4 members (excludes halogenated alkanes) is 1. The molecule has 0 fully saturated rings. The fourth-order valence-corrected chi connectivity index (χ4v) is 4.01. The molecule has 30 heavy (non-hydrogen) atoms. The van der Waals surface area contributed by atoms with E-state index in [2.05, 4.69) is 26.3 Å². The highest BCUT2D eigenvalue weighted by Crippen LogP contribution is 2.19. The number of hydrogen-bond acceptors (Lipinski definition) is 2. The van der Waals surface area contributed by atoms with Crippen LogP contribution in [0, 0.1) is 5.92 Å². The molecule has 0 aromatic heterocycles. The Morgan fingerprint density at radius 2 is 1.83 bits per heavy atom. The number of quaternary nitrogens is 1. The Hall–Kier alpha value is -1.75. The molecule has 1 atom stereocenters. The number of nitrogens with one attached hydrogen (secondary N) is 1. The molecule has 0 bridgehead atoms. The van der Waals surface area contributed by atoms with Gasteiger partial charge in [-0.3, -0.25) is 4.79 Å². The molecule has 0 aliphatic rings. The van der Waals surface area contributed by atoms with Crippen LogP contribution < -0.4 is 23.5 Å². The summed E-state index contributed by atoms with van der Waals surface area (Å²) in [6, 6.07) is 15.2. The largest absolute Gasteiger partial charge is 1.00 e. The van der Waals surface area contributed by atoms with Crippen LogP contribution in [0.25, 0.3) is 0 Å². The van der Waals surface area contributed by atoms with Crippen LogP contribution in [-0.4, -0.2) is 44.1 Å². The maximum Gasteiger partial charge on any atom is 0.251 e. The number of halogens is 2. The zero-order valence-electron chi connectivity index (χ0n) is 18.3. The molecule has 2 aromatic rings. The molecule has 0 aliphatic heterocycles. The first-order chi connectivity index (χ1) is 13.8. The number of carbonyl (C=O) groups excluding carboxylic acids is 1. The Balaban J connectivity index is 0.00000450. The van der Waals surface area contributed by atoms with Gasteiger partial charge >= 0.3 is 0 Å². The van der Waals surface area contributed by atoms with Crippen LogP contribution in [-0.2, 0) is 6.42 Å². The third-order valence-corrected chi connectivity index (χ3v) is 5.59. The lowest BCUT2D eigenvalue weighted by Crippen LogP contribution is -3.00. The summed E-state index contributed by atoms with van der Waals surface area (Å²) in [5.41, 5.74) is 8.53. The van der Waals surface area contributed by atoms with E-state index in [1.165, 1.54) is 5.56 Å². The van der Waals surface area contributed by atoms with E-state index in [1.807, 2.05) is 42.5 Å². The minimum atomic E-state index is 0. The van der Waals surface area contributed by atoms with E-state index in [-0.39, 0.29) is 18.3 Å². The molecule has 4 nitrogen and oxygen atoms in total. The van der Waals surface area contributed by atoms with Crippen LogP contribution in [0.4, 0.5) is 5.69 Å². The Morgan fingerprint density at radius 3 is 2.47 bits per heavy atom. The van der Waals surface area contributed by atoms with Crippen LogP contribution in [0.5, 0.6) is 0 Å². The van der Waals surface area contributed by atoms with Gasteiger partial charge in [0, 0.05) is 28.7 Å². The van der Waals surface area contributed by atoms with Gasteiger partial charge in [0.15, 0.2) is 0 Å². The number of aryl methyl sites for hydroxylation is 1. The predicted octanol–water partition coefficient (Wildman–Crippen LogP) is 1.78. The maximum absolute atomic E-state index is 12.3. The summed E-state index contributed by atoms with van der Waals surface area (Å²) in [5.74, 6) is 0.473. The lowest BCUT2D eigenvalue weighted by Gasteiger charge is -2.33. The van der Waals surface area contributed by atoms with Crippen molar-refractivity contribution in [2.45, 2.75) is 32.6 Å². The van der Waals surface area contributed by atoms with E-state index in [0.29, 0.717) is 17.5 Å². The second-order valence-electron chi connectivity index (χ2n) is 8.54. The fourth-order valence-electron chi connectivity index (χ4n) is 3.75. The van der Waals surface area contributed by atoms with Crippen molar-refractivity contribution in [2.75, 3.05) is 39.5 Å². The number of nitrogens with two attached hydrogens (primary N) is 1. The van der Waals surface area contributed by atoms with Gasteiger partial charge < -0.3 is 27.9 Å². The van der Waals surface area contributed by atoms with Gasteiger partial charge in [-0.15, -0.1) is 0 Å². The van der Waals surface area contributed by atoms with Crippen LogP contribution >= 0.6 is 11.6 Å².